The van der Waals surface area contributed by atoms with Gasteiger partial charge in [-0.3, -0.25) is 0 Å². The van der Waals surface area contributed by atoms with Gasteiger partial charge in [-0.1, -0.05) is 19.3 Å². The fourth-order valence-corrected chi connectivity index (χ4v) is 1.99. The van der Waals surface area contributed by atoms with Crippen LogP contribution in [0.5, 0.6) is 0 Å². The van der Waals surface area contributed by atoms with E-state index in [1.165, 1.54) is 19.3 Å². The minimum absolute atomic E-state index is 0.0581. The number of aliphatic hydroxyl groups excluding tert-OH is 1. The standard InChI is InChI=1S/C11H23NO2/c12-11(6-2-1-3-7-11)10-14-9-5-4-8-13/h13H,1-10,12H2. The lowest BCUT2D eigenvalue weighted by Crippen LogP contribution is -2.46. The molecule has 0 atom stereocenters. The van der Waals surface area contributed by atoms with Crippen molar-refractivity contribution in [1.82, 2.24) is 0 Å². The quantitative estimate of drug-likeness (QED) is 0.639. The Morgan fingerprint density at radius 3 is 2.50 bits per heavy atom. The summed E-state index contributed by atoms with van der Waals surface area (Å²) < 4.78 is 5.54. The zero-order valence-corrected chi connectivity index (χ0v) is 9.00. The highest BCUT2D eigenvalue weighted by atomic mass is 16.5. The highest BCUT2D eigenvalue weighted by Crippen LogP contribution is 2.25. The number of unbranched alkanes of at least 4 members (excludes halogenated alkanes) is 1. The van der Waals surface area contributed by atoms with Gasteiger partial charge in [0.2, 0.25) is 0 Å². The molecule has 1 rings (SSSR count). The monoisotopic (exact) mass is 201 g/mol. The van der Waals surface area contributed by atoms with Crippen LogP contribution in [0.3, 0.4) is 0 Å². The van der Waals surface area contributed by atoms with Crippen LogP contribution in [0, 0.1) is 0 Å². The summed E-state index contributed by atoms with van der Waals surface area (Å²) in [5.41, 5.74) is 6.14. The van der Waals surface area contributed by atoms with E-state index in [9.17, 15) is 0 Å². The molecule has 0 saturated heterocycles. The predicted molar refractivity (Wildman–Crippen MR) is 57.1 cm³/mol. The van der Waals surface area contributed by atoms with Gasteiger partial charge in [0.15, 0.2) is 0 Å². The Morgan fingerprint density at radius 2 is 1.86 bits per heavy atom. The molecule has 0 radical (unpaired) electrons. The van der Waals surface area contributed by atoms with Gasteiger partial charge in [-0.25, -0.2) is 0 Å². The molecule has 0 aromatic heterocycles. The number of hydrogen-bond acceptors (Lipinski definition) is 3. The summed E-state index contributed by atoms with van der Waals surface area (Å²) in [5, 5.41) is 8.58. The highest BCUT2D eigenvalue weighted by molar-refractivity contribution is 4.86. The van der Waals surface area contributed by atoms with E-state index in [1.807, 2.05) is 0 Å². The molecule has 0 amide bonds. The van der Waals surface area contributed by atoms with E-state index in [0.717, 1.165) is 32.3 Å². The minimum Gasteiger partial charge on any atom is -0.396 e. The Kier molecular flexibility index (Phi) is 5.45. The second-order valence-electron chi connectivity index (χ2n) is 4.41. The topological polar surface area (TPSA) is 55.5 Å². The number of aliphatic hydroxyl groups is 1. The van der Waals surface area contributed by atoms with E-state index in [1.54, 1.807) is 0 Å². The average Bonchev–Trinajstić information content (AvgIpc) is 2.18. The second kappa shape index (κ2) is 6.38. The SMILES string of the molecule is NC1(COCCCCO)CCCCC1. The summed E-state index contributed by atoms with van der Waals surface area (Å²) in [5.74, 6) is 0. The van der Waals surface area contributed by atoms with Crippen LogP contribution < -0.4 is 5.73 Å². The smallest absolute Gasteiger partial charge is 0.0646 e. The van der Waals surface area contributed by atoms with Crippen molar-refractivity contribution in [2.45, 2.75) is 50.5 Å². The van der Waals surface area contributed by atoms with Crippen LogP contribution in [0.15, 0.2) is 0 Å². The largest absolute Gasteiger partial charge is 0.396 e. The van der Waals surface area contributed by atoms with Gasteiger partial charge in [-0.05, 0) is 25.7 Å². The molecule has 3 heteroatoms. The van der Waals surface area contributed by atoms with Crippen LogP contribution in [0.1, 0.15) is 44.9 Å². The Balaban J connectivity index is 2.03. The molecule has 0 aromatic rings. The lowest BCUT2D eigenvalue weighted by Gasteiger charge is -2.33. The van der Waals surface area contributed by atoms with Crippen molar-refractivity contribution in [1.29, 1.82) is 0 Å². The van der Waals surface area contributed by atoms with Gasteiger partial charge in [-0.2, -0.15) is 0 Å². The first-order valence-electron chi connectivity index (χ1n) is 5.74. The van der Waals surface area contributed by atoms with Gasteiger partial charge in [-0.15, -0.1) is 0 Å². The molecule has 1 aliphatic carbocycles. The third-order valence-electron chi connectivity index (χ3n) is 2.94. The number of rotatable bonds is 6. The fourth-order valence-electron chi connectivity index (χ4n) is 1.99. The number of hydrogen-bond donors (Lipinski definition) is 2. The van der Waals surface area contributed by atoms with E-state index in [0.29, 0.717) is 6.61 Å². The molecular formula is C11H23NO2. The second-order valence-corrected chi connectivity index (χ2v) is 4.41. The molecule has 0 bridgehead atoms. The maximum Gasteiger partial charge on any atom is 0.0646 e. The molecule has 1 fully saturated rings. The van der Waals surface area contributed by atoms with Crippen LogP contribution in [0.25, 0.3) is 0 Å². The van der Waals surface area contributed by atoms with Crippen LogP contribution in [0.2, 0.25) is 0 Å². The summed E-state index contributed by atoms with van der Waals surface area (Å²) in [7, 11) is 0. The van der Waals surface area contributed by atoms with E-state index >= 15 is 0 Å². The molecule has 0 unspecified atom stereocenters. The summed E-state index contributed by atoms with van der Waals surface area (Å²) in [6.07, 6.45) is 7.79. The zero-order valence-electron chi connectivity index (χ0n) is 9.00. The molecule has 1 saturated carbocycles. The summed E-state index contributed by atoms with van der Waals surface area (Å²) >= 11 is 0. The molecule has 14 heavy (non-hydrogen) atoms. The molecule has 0 heterocycles. The maximum atomic E-state index is 8.58. The summed E-state index contributed by atoms with van der Waals surface area (Å²) in [6.45, 7) is 1.69. The minimum atomic E-state index is -0.0581. The van der Waals surface area contributed by atoms with Crippen molar-refractivity contribution in [3.8, 4) is 0 Å². The molecule has 0 aliphatic heterocycles. The van der Waals surface area contributed by atoms with Crippen molar-refractivity contribution < 1.29 is 9.84 Å². The Bertz CT molecular complexity index is 144. The molecule has 1 aliphatic rings. The summed E-state index contributed by atoms with van der Waals surface area (Å²) in [6, 6.07) is 0. The number of ether oxygens (including phenoxy) is 1. The van der Waals surface area contributed by atoms with E-state index in [2.05, 4.69) is 0 Å². The molecular weight excluding hydrogens is 178 g/mol. The third kappa shape index (κ3) is 4.40. The number of nitrogens with two attached hydrogens (primary N) is 1. The van der Waals surface area contributed by atoms with Gasteiger partial charge in [0.05, 0.1) is 6.61 Å². The Labute approximate surface area is 86.6 Å². The van der Waals surface area contributed by atoms with Gasteiger partial charge in [0, 0.05) is 18.8 Å². The summed E-state index contributed by atoms with van der Waals surface area (Å²) in [4.78, 5) is 0. The highest BCUT2D eigenvalue weighted by Gasteiger charge is 2.27. The fraction of sp³-hybridized carbons (Fsp3) is 1.00. The first kappa shape index (κ1) is 12.0. The van der Waals surface area contributed by atoms with Crippen molar-refractivity contribution in [2.75, 3.05) is 19.8 Å². The zero-order chi connectivity index (χ0) is 10.3. The molecule has 84 valence electrons. The maximum absolute atomic E-state index is 8.58. The third-order valence-corrected chi connectivity index (χ3v) is 2.94. The Hall–Kier alpha value is -0.120. The van der Waals surface area contributed by atoms with Crippen LogP contribution in [-0.2, 0) is 4.74 Å². The van der Waals surface area contributed by atoms with Crippen molar-refractivity contribution in [3.63, 3.8) is 0 Å². The first-order valence-corrected chi connectivity index (χ1v) is 5.74. The lowest BCUT2D eigenvalue weighted by atomic mass is 9.83. The Morgan fingerprint density at radius 1 is 1.14 bits per heavy atom. The molecule has 0 spiro atoms. The lowest BCUT2D eigenvalue weighted by molar-refractivity contribution is 0.0637. The van der Waals surface area contributed by atoms with Gasteiger partial charge >= 0.3 is 0 Å². The van der Waals surface area contributed by atoms with E-state index < -0.39 is 0 Å². The van der Waals surface area contributed by atoms with Crippen LogP contribution in [0.4, 0.5) is 0 Å². The molecule has 3 N–H and O–H groups in total. The van der Waals surface area contributed by atoms with E-state index in [4.69, 9.17) is 15.6 Å². The molecule has 0 aromatic carbocycles. The normalized spacial score (nSPS) is 21.0. The first-order chi connectivity index (χ1) is 6.77. The van der Waals surface area contributed by atoms with Crippen LogP contribution in [-0.4, -0.2) is 30.5 Å². The van der Waals surface area contributed by atoms with Gasteiger partial charge < -0.3 is 15.6 Å². The van der Waals surface area contributed by atoms with Gasteiger partial charge in [0.1, 0.15) is 0 Å². The van der Waals surface area contributed by atoms with Crippen molar-refractivity contribution >= 4 is 0 Å². The van der Waals surface area contributed by atoms with Crippen molar-refractivity contribution in [3.05, 3.63) is 0 Å². The van der Waals surface area contributed by atoms with Crippen molar-refractivity contribution in [2.24, 2.45) is 5.73 Å². The van der Waals surface area contributed by atoms with Gasteiger partial charge in [0.25, 0.3) is 0 Å². The molecule has 3 nitrogen and oxygen atoms in total. The average molecular weight is 201 g/mol. The predicted octanol–water partition coefficient (Wildman–Crippen LogP) is 1.44. The van der Waals surface area contributed by atoms with Crippen LogP contribution >= 0.6 is 0 Å². The van der Waals surface area contributed by atoms with E-state index in [-0.39, 0.29) is 12.1 Å².